The number of fused-ring (bicyclic) bond motifs is 1. The number of carbonyl (C=O) groups is 1. The summed E-state index contributed by atoms with van der Waals surface area (Å²) in [4.78, 5) is 14.7. The fraction of sp³-hybridized carbons (Fsp3) is 0.692. The van der Waals surface area contributed by atoms with Gasteiger partial charge in [0.2, 0.25) is 5.91 Å². The Balaban J connectivity index is 0.00000306. The number of hydrogen-bond acceptors (Lipinski definition) is 5. The molecule has 1 saturated carbocycles. The Labute approximate surface area is 204 Å². The normalized spacial score (nSPS) is 17.9. The van der Waals surface area contributed by atoms with Crippen molar-refractivity contribution in [3.63, 3.8) is 0 Å². The van der Waals surface area contributed by atoms with Crippen molar-refractivity contribution in [1.82, 2.24) is 20.7 Å². The van der Waals surface area contributed by atoms with E-state index < -0.39 is 0 Å². The molecule has 4 rings (SSSR count). The zero-order valence-corrected chi connectivity index (χ0v) is 20.7. The molecule has 6 nitrogen and oxygen atoms in total. The highest BCUT2D eigenvalue weighted by atomic mass is 35.5. The zero-order valence-electron chi connectivity index (χ0n) is 19.9. The van der Waals surface area contributed by atoms with Gasteiger partial charge in [0.25, 0.3) is 0 Å². The number of nitrogens with zero attached hydrogens (tertiary/aromatic N) is 2. The average molecular weight is 477 g/mol. The van der Waals surface area contributed by atoms with Gasteiger partial charge < -0.3 is 20.1 Å². The third kappa shape index (κ3) is 7.97. The topological polar surface area (TPSA) is 70.4 Å². The molecule has 0 radical (unpaired) electrons. The second kappa shape index (κ2) is 13.9. The summed E-state index contributed by atoms with van der Waals surface area (Å²) in [6.45, 7) is 6.25. The summed E-state index contributed by atoms with van der Waals surface area (Å²) in [6.07, 6.45) is 12.1. The summed E-state index contributed by atoms with van der Waals surface area (Å²) >= 11 is 0. The van der Waals surface area contributed by atoms with Gasteiger partial charge in [-0.05, 0) is 88.7 Å². The van der Waals surface area contributed by atoms with Crippen LogP contribution in [0, 0.1) is 11.8 Å². The van der Waals surface area contributed by atoms with Crippen LogP contribution >= 0.6 is 12.4 Å². The van der Waals surface area contributed by atoms with Crippen molar-refractivity contribution in [3.8, 4) is 0 Å². The number of rotatable bonds is 11. The summed E-state index contributed by atoms with van der Waals surface area (Å²) in [6, 6.07) is 7.75. The lowest BCUT2D eigenvalue weighted by atomic mass is 9.89. The number of hydrogen-bond donors (Lipinski definition) is 2. The van der Waals surface area contributed by atoms with E-state index in [2.05, 4.69) is 15.8 Å². The molecule has 2 aliphatic rings. The molecule has 0 atom stereocenters. The largest absolute Gasteiger partial charge is 0.356 e. The minimum Gasteiger partial charge on any atom is -0.356 e. The predicted octanol–water partition coefficient (Wildman–Crippen LogP) is 4.57. The molecule has 2 aromatic rings. The lowest BCUT2D eigenvalue weighted by Crippen LogP contribution is -2.41. The van der Waals surface area contributed by atoms with Gasteiger partial charge in [-0.3, -0.25) is 4.79 Å². The molecule has 33 heavy (non-hydrogen) atoms. The molecule has 1 aliphatic heterocycles. The van der Waals surface area contributed by atoms with Crippen LogP contribution in [0.2, 0.25) is 0 Å². The van der Waals surface area contributed by atoms with Gasteiger partial charge in [-0.1, -0.05) is 36.6 Å². The van der Waals surface area contributed by atoms with E-state index in [1.54, 1.807) is 0 Å². The fourth-order valence-electron chi connectivity index (χ4n) is 5.21. The lowest BCUT2D eigenvalue weighted by Gasteiger charge is -2.32. The van der Waals surface area contributed by atoms with Crippen LogP contribution in [0.15, 0.2) is 28.8 Å². The van der Waals surface area contributed by atoms with Crippen LogP contribution in [-0.2, 0) is 11.2 Å². The first kappa shape index (κ1) is 26.0. The highest BCUT2D eigenvalue weighted by Crippen LogP contribution is 2.23. The van der Waals surface area contributed by atoms with Gasteiger partial charge in [-0.2, -0.15) is 0 Å². The van der Waals surface area contributed by atoms with Crippen LogP contribution in [-0.4, -0.2) is 55.2 Å². The molecule has 0 spiro atoms. The number of piperidine rings is 1. The van der Waals surface area contributed by atoms with Crippen molar-refractivity contribution in [3.05, 3.63) is 30.0 Å². The molecule has 1 aliphatic carbocycles. The standard InChI is InChI=1S/C26H40N4O2.ClH/c31-26(18-24-23-10-4-5-11-25(23)32-29-24)30-16-12-22(13-17-30)20-28-15-7-6-14-27-19-21-8-2-1-3-9-21;/h4-5,10-11,21-22,27-28H,1-3,6-9,12-20H2;1H. The van der Waals surface area contributed by atoms with E-state index in [0.29, 0.717) is 12.3 Å². The molecular weight excluding hydrogens is 436 g/mol. The van der Waals surface area contributed by atoms with E-state index in [0.717, 1.165) is 68.1 Å². The summed E-state index contributed by atoms with van der Waals surface area (Å²) in [5.41, 5.74) is 1.50. The molecule has 1 aromatic heterocycles. The second-order valence-corrected chi connectivity index (χ2v) is 9.75. The Bertz CT molecular complexity index is 829. The number of unbranched alkanes of at least 4 members (excludes halogenated alkanes) is 1. The maximum Gasteiger partial charge on any atom is 0.228 e. The number of benzene rings is 1. The van der Waals surface area contributed by atoms with Crippen molar-refractivity contribution >= 4 is 29.3 Å². The van der Waals surface area contributed by atoms with Gasteiger partial charge >= 0.3 is 0 Å². The highest BCUT2D eigenvalue weighted by Gasteiger charge is 2.24. The lowest BCUT2D eigenvalue weighted by molar-refractivity contribution is -0.131. The number of para-hydroxylation sites is 1. The maximum atomic E-state index is 12.7. The number of amides is 1. The molecule has 2 N–H and O–H groups in total. The molecule has 0 unspecified atom stereocenters. The molecule has 7 heteroatoms. The first-order valence-corrected chi connectivity index (χ1v) is 12.8. The van der Waals surface area contributed by atoms with Gasteiger partial charge in [-0.25, -0.2) is 0 Å². The third-order valence-electron chi connectivity index (χ3n) is 7.29. The zero-order chi connectivity index (χ0) is 22.0. The number of halogens is 1. The van der Waals surface area contributed by atoms with Crippen molar-refractivity contribution in [2.24, 2.45) is 11.8 Å². The van der Waals surface area contributed by atoms with Crippen LogP contribution < -0.4 is 10.6 Å². The van der Waals surface area contributed by atoms with Crippen molar-refractivity contribution in [1.29, 1.82) is 0 Å². The Morgan fingerprint density at radius 1 is 0.939 bits per heavy atom. The number of carbonyl (C=O) groups excluding carboxylic acids is 1. The molecule has 2 heterocycles. The highest BCUT2D eigenvalue weighted by molar-refractivity contribution is 5.86. The van der Waals surface area contributed by atoms with Gasteiger partial charge in [-0.15, -0.1) is 12.4 Å². The van der Waals surface area contributed by atoms with Gasteiger partial charge in [0.1, 0.15) is 5.69 Å². The van der Waals surface area contributed by atoms with Gasteiger partial charge in [0.05, 0.1) is 6.42 Å². The van der Waals surface area contributed by atoms with E-state index in [1.807, 2.05) is 29.2 Å². The van der Waals surface area contributed by atoms with E-state index in [1.165, 1.54) is 51.5 Å². The first-order valence-electron chi connectivity index (χ1n) is 12.8. The van der Waals surface area contributed by atoms with Crippen LogP contribution in [0.3, 0.4) is 0 Å². The molecule has 2 fully saturated rings. The molecule has 0 bridgehead atoms. The number of nitrogens with one attached hydrogen (secondary N) is 2. The summed E-state index contributed by atoms with van der Waals surface area (Å²) in [7, 11) is 0. The smallest absolute Gasteiger partial charge is 0.228 e. The summed E-state index contributed by atoms with van der Waals surface area (Å²) < 4.78 is 5.33. The number of likely N-dealkylation sites (tertiary alicyclic amines) is 1. The third-order valence-corrected chi connectivity index (χ3v) is 7.29. The van der Waals surface area contributed by atoms with Crippen molar-refractivity contribution in [2.45, 2.75) is 64.2 Å². The van der Waals surface area contributed by atoms with E-state index >= 15 is 0 Å². The van der Waals surface area contributed by atoms with Crippen molar-refractivity contribution < 1.29 is 9.32 Å². The summed E-state index contributed by atoms with van der Waals surface area (Å²) in [5.74, 6) is 1.77. The first-order chi connectivity index (χ1) is 15.8. The monoisotopic (exact) mass is 476 g/mol. The van der Waals surface area contributed by atoms with Crippen LogP contribution in [0.1, 0.15) is 63.5 Å². The molecular formula is C26H41ClN4O2. The Morgan fingerprint density at radius 3 is 2.27 bits per heavy atom. The predicted molar refractivity (Wildman–Crippen MR) is 136 cm³/mol. The molecule has 1 saturated heterocycles. The maximum absolute atomic E-state index is 12.7. The van der Waals surface area contributed by atoms with Crippen LogP contribution in [0.5, 0.6) is 0 Å². The molecule has 184 valence electrons. The van der Waals surface area contributed by atoms with Gasteiger partial charge in [0, 0.05) is 18.5 Å². The fourth-order valence-corrected chi connectivity index (χ4v) is 5.21. The summed E-state index contributed by atoms with van der Waals surface area (Å²) in [5, 5.41) is 12.4. The second-order valence-electron chi connectivity index (χ2n) is 9.75. The molecule has 1 amide bonds. The van der Waals surface area contributed by atoms with Crippen molar-refractivity contribution in [2.75, 3.05) is 39.3 Å². The van der Waals surface area contributed by atoms with Crippen LogP contribution in [0.25, 0.3) is 11.0 Å². The van der Waals surface area contributed by atoms with E-state index in [4.69, 9.17) is 4.52 Å². The van der Waals surface area contributed by atoms with E-state index in [9.17, 15) is 4.79 Å². The SMILES string of the molecule is Cl.O=C(Cc1noc2ccccc12)N1CCC(CNCCCCNCC2CCCCC2)CC1. The van der Waals surface area contributed by atoms with Gasteiger partial charge in [0.15, 0.2) is 5.58 Å². The Kier molecular flexibility index (Phi) is 11.0. The Morgan fingerprint density at radius 2 is 1.58 bits per heavy atom. The Hall–Kier alpha value is -1.63. The van der Waals surface area contributed by atoms with Crippen LogP contribution in [0.4, 0.5) is 0 Å². The quantitative estimate of drug-likeness (QED) is 0.465. The molecule has 1 aromatic carbocycles. The minimum atomic E-state index is 0. The number of aromatic nitrogens is 1. The minimum absolute atomic E-state index is 0. The average Bonchev–Trinajstić information content (AvgIpc) is 3.24. The van der Waals surface area contributed by atoms with E-state index in [-0.39, 0.29) is 18.3 Å².